The predicted octanol–water partition coefficient (Wildman–Crippen LogP) is 0.378. The Balaban J connectivity index is 1.79. The molecule has 8 heteroatoms. The van der Waals surface area contributed by atoms with Gasteiger partial charge < -0.3 is 14.5 Å². The highest BCUT2D eigenvalue weighted by molar-refractivity contribution is 7.92. The standard InChI is InChI=1S/C16H23N3O4S/c1-3-17-8-10-18(11-9-17)16(20)15-12-19(24(2,21)22)13-6-4-5-7-14(13)23-15/h4-7,15H,3,8-12H2,1-2H3/t15-/m1/s1. The van der Waals surface area contributed by atoms with E-state index in [1.54, 1.807) is 29.2 Å². The maximum atomic E-state index is 12.8. The molecular weight excluding hydrogens is 330 g/mol. The Labute approximate surface area is 142 Å². The van der Waals surface area contributed by atoms with E-state index in [2.05, 4.69) is 11.8 Å². The van der Waals surface area contributed by atoms with Crippen LogP contribution in [0.4, 0.5) is 5.69 Å². The van der Waals surface area contributed by atoms with Crippen LogP contribution < -0.4 is 9.04 Å². The number of likely N-dealkylation sites (N-methyl/N-ethyl adjacent to an activating group) is 1. The van der Waals surface area contributed by atoms with Gasteiger partial charge in [-0.25, -0.2) is 8.42 Å². The lowest BCUT2D eigenvalue weighted by Gasteiger charge is -2.39. The number of carbonyl (C=O) groups excluding carboxylic acids is 1. The summed E-state index contributed by atoms with van der Waals surface area (Å²) in [5.41, 5.74) is 0.486. The van der Waals surface area contributed by atoms with Gasteiger partial charge >= 0.3 is 0 Å². The van der Waals surface area contributed by atoms with Crippen molar-refractivity contribution in [1.82, 2.24) is 9.80 Å². The van der Waals surface area contributed by atoms with E-state index in [0.717, 1.165) is 25.9 Å². The molecular formula is C16H23N3O4S. The van der Waals surface area contributed by atoms with E-state index in [-0.39, 0.29) is 12.5 Å². The Hall–Kier alpha value is -1.80. The number of ether oxygens (including phenoxy) is 1. The van der Waals surface area contributed by atoms with E-state index in [4.69, 9.17) is 4.74 Å². The highest BCUT2D eigenvalue weighted by Gasteiger charge is 2.37. The fraction of sp³-hybridized carbons (Fsp3) is 0.562. The average molecular weight is 353 g/mol. The highest BCUT2D eigenvalue weighted by Crippen LogP contribution is 2.34. The molecule has 0 spiro atoms. The lowest BCUT2D eigenvalue weighted by atomic mass is 10.2. The van der Waals surface area contributed by atoms with Gasteiger partial charge in [0.1, 0.15) is 5.75 Å². The number of rotatable bonds is 3. The van der Waals surface area contributed by atoms with Crippen LogP contribution in [0.1, 0.15) is 6.92 Å². The van der Waals surface area contributed by atoms with Crippen LogP contribution in [0.5, 0.6) is 5.75 Å². The molecule has 0 unspecified atom stereocenters. The monoisotopic (exact) mass is 353 g/mol. The second-order valence-electron chi connectivity index (χ2n) is 6.13. The molecule has 0 aromatic heterocycles. The molecule has 24 heavy (non-hydrogen) atoms. The Morgan fingerprint density at radius 3 is 2.50 bits per heavy atom. The highest BCUT2D eigenvalue weighted by atomic mass is 32.2. The van der Waals surface area contributed by atoms with E-state index in [1.807, 2.05) is 0 Å². The quantitative estimate of drug-likeness (QED) is 0.786. The van der Waals surface area contributed by atoms with Gasteiger partial charge in [0, 0.05) is 26.2 Å². The molecule has 0 aliphatic carbocycles. The van der Waals surface area contributed by atoms with Crippen LogP contribution in [0.3, 0.4) is 0 Å². The largest absolute Gasteiger partial charge is 0.476 e. The Morgan fingerprint density at radius 2 is 1.88 bits per heavy atom. The van der Waals surface area contributed by atoms with Gasteiger partial charge in [0.15, 0.2) is 6.10 Å². The lowest BCUT2D eigenvalue weighted by Crippen LogP contribution is -2.56. The zero-order valence-electron chi connectivity index (χ0n) is 14.0. The van der Waals surface area contributed by atoms with Gasteiger partial charge in [-0.3, -0.25) is 9.10 Å². The van der Waals surface area contributed by atoms with Crippen LogP contribution in [0.25, 0.3) is 0 Å². The van der Waals surface area contributed by atoms with Crippen molar-refractivity contribution >= 4 is 21.6 Å². The Morgan fingerprint density at radius 1 is 1.21 bits per heavy atom. The number of benzene rings is 1. The summed E-state index contributed by atoms with van der Waals surface area (Å²) in [7, 11) is -3.47. The summed E-state index contributed by atoms with van der Waals surface area (Å²) in [4.78, 5) is 16.8. The summed E-state index contributed by atoms with van der Waals surface area (Å²) in [6, 6.07) is 6.91. The van der Waals surface area contributed by atoms with Crippen LogP contribution in [-0.4, -0.2) is 75.8 Å². The van der Waals surface area contributed by atoms with Crippen molar-refractivity contribution in [3.63, 3.8) is 0 Å². The first kappa shape index (κ1) is 17.0. The van der Waals surface area contributed by atoms with Crippen LogP contribution >= 0.6 is 0 Å². The van der Waals surface area contributed by atoms with E-state index in [1.165, 1.54) is 4.31 Å². The first-order chi connectivity index (χ1) is 11.4. The molecule has 2 heterocycles. The molecule has 132 valence electrons. The molecule has 0 bridgehead atoms. The summed E-state index contributed by atoms with van der Waals surface area (Å²) in [6.45, 7) is 6.05. The van der Waals surface area contributed by atoms with Gasteiger partial charge in [0.2, 0.25) is 10.0 Å². The van der Waals surface area contributed by atoms with Gasteiger partial charge in [-0.2, -0.15) is 0 Å². The van der Waals surface area contributed by atoms with Crippen molar-refractivity contribution in [2.24, 2.45) is 0 Å². The smallest absolute Gasteiger partial charge is 0.265 e. The van der Waals surface area contributed by atoms with Crippen LogP contribution in [0.15, 0.2) is 24.3 Å². The van der Waals surface area contributed by atoms with Crippen molar-refractivity contribution in [2.75, 3.05) is 49.8 Å². The predicted molar refractivity (Wildman–Crippen MR) is 91.7 cm³/mol. The van der Waals surface area contributed by atoms with Crippen molar-refractivity contribution < 1.29 is 17.9 Å². The third-order valence-corrected chi connectivity index (χ3v) is 5.69. The molecule has 7 nitrogen and oxygen atoms in total. The Kier molecular flexibility index (Phi) is 4.69. The van der Waals surface area contributed by atoms with E-state index in [0.29, 0.717) is 24.5 Å². The van der Waals surface area contributed by atoms with Gasteiger partial charge in [-0.05, 0) is 18.7 Å². The minimum absolute atomic E-state index is 0.0165. The number of carbonyl (C=O) groups is 1. The van der Waals surface area contributed by atoms with Crippen LogP contribution in [-0.2, 0) is 14.8 Å². The maximum Gasteiger partial charge on any atom is 0.265 e. The molecule has 0 N–H and O–H groups in total. The van der Waals surface area contributed by atoms with Gasteiger partial charge in [0.25, 0.3) is 5.91 Å². The normalized spacial score (nSPS) is 22.0. The first-order valence-corrected chi connectivity index (χ1v) is 9.99. The molecule has 2 aliphatic rings. The van der Waals surface area contributed by atoms with E-state index in [9.17, 15) is 13.2 Å². The number of hydrogen-bond acceptors (Lipinski definition) is 5. The number of amides is 1. The fourth-order valence-electron chi connectivity index (χ4n) is 3.13. The maximum absolute atomic E-state index is 12.8. The summed E-state index contributed by atoms with van der Waals surface area (Å²) < 4.78 is 31.3. The summed E-state index contributed by atoms with van der Waals surface area (Å²) in [6.07, 6.45) is 0.346. The van der Waals surface area contributed by atoms with E-state index < -0.39 is 16.1 Å². The van der Waals surface area contributed by atoms with Crippen LogP contribution in [0.2, 0.25) is 0 Å². The van der Waals surface area contributed by atoms with Gasteiger partial charge in [-0.1, -0.05) is 19.1 Å². The second-order valence-corrected chi connectivity index (χ2v) is 8.03. The molecule has 2 aliphatic heterocycles. The Bertz CT molecular complexity index is 714. The molecule has 0 radical (unpaired) electrons. The number of para-hydroxylation sites is 2. The number of hydrogen-bond donors (Lipinski definition) is 0. The van der Waals surface area contributed by atoms with Crippen molar-refractivity contribution in [1.29, 1.82) is 0 Å². The summed E-state index contributed by atoms with van der Waals surface area (Å²) in [5.74, 6) is 0.286. The lowest BCUT2D eigenvalue weighted by molar-refractivity contribution is -0.140. The van der Waals surface area contributed by atoms with Crippen LogP contribution in [0, 0.1) is 0 Å². The van der Waals surface area contributed by atoms with E-state index >= 15 is 0 Å². The van der Waals surface area contributed by atoms with Crippen molar-refractivity contribution in [3.8, 4) is 5.75 Å². The molecule has 1 atom stereocenters. The number of anilines is 1. The number of piperazine rings is 1. The minimum Gasteiger partial charge on any atom is -0.476 e. The molecule has 1 amide bonds. The minimum atomic E-state index is -3.47. The molecule has 1 aromatic carbocycles. The molecule has 0 saturated carbocycles. The van der Waals surface area contributed by atoms with Crippen molar-refractivity contribution in [2.45, 2.75) is 13.0 Å². The fourth-order valence-corrected chi connectivity index (χ4v) is 4.05. The average Bonchev–Trinajstić information content (AvgIpc) is 2.59. The summed E-state index contributed by atoms with van der Waals surface area (Å²) >= 11 is 0. The number of fused-ring (bicyclic) bond motifs is 1. The SMILES string of the molecule is CCN1CCN(C(=O)[C@H]2CN(S(C)(=O)=O)c3ccccc3O2)CC1. The zero-order valence-corrected chi connectivity index (χ0v) is 14.8. The molecule has 1 aromatic rings. The van der Waals surface area contributed by atoms with Gasteiger partial charge in [-0.15, -0.1) is 0 Å². The molecule has 1 saturated heterocycles. The molecule has 1 fully saturated rings. The number of nitrogens with zero attached hydrogens (tertiary/aromatic N) is 3. The first-order valence-electron chi connectivity index (χ1n) is 8.14. The third kappa shape index (κ3) is 3.34. The zero-order chi connectivity index (χ0) is 17.3. The second kappa shape index (κ2) is 6.60. The van der Waals surface area contributed by atoms with Crippen molar-refractivity contribution in [3.05, 3.63) is 24.3 Å². The topological polar surface area (TPSA) is 70.2 Å². The summed E-state index contributed by atoms with van der Waals surface area (Å²) in [5, 5.41) is 0. The molecule has 3 rings (SSSR count). The van der Waals surface area contributed by atoms with Gasteiger partial charge in [0.05, 0.1) is 18.5 Å². The number of sulfonamides is 1. The third-order valence-electron chi connectivity index (χ3n) is 4.54.